The van der Waals surface area contributed by atoms with E-state index >= 15 is 4.39 Å². The van der Waals surface area contributed by atoms with Crippen molar-refractivity contribution in [3.8, 4) is 11.3 Å². The number of hydrogen-bond acceptors (Lipinski definition) is 7. The first-order valence-electron chi connectivity index (χ1n) is 12.4. The highest BCUT2D eigenvalue weighted by molar-refractivity contribution is 6.04. The van der Waals surface area contributed by atoms with Gasteiger partial charge in [-0.1, -0.05) is 0 Å². The molecule has 1 amide bonds. The lowest BCUT2D eigenvalue weighted by Crippen LogP contribution is -2.58. The Morgan fingerprint density at radius 2 is 1.85 bits per heavy atom. The van der Waals surface area contributed by atoms with Crippen LogP contribution >= 0.6 is 0 Å². The summed E-state index contributed by atoms with van der Waals surface area (Å²) in [5.41, 5.74) is 6.31. The van der Waals surface area contributed by atoms with Crippen LogP contribution in [0.5, 0.6) is 0 Å². The van der Waals surface area contributed by atoms with Crippen LogP contribution in [0.1, 0.15) is 28.8 Å². The number of carbonyl (C=O) groups excluding carboxylic acids is 1. The van der Waals surface area contributed by atoms with Crippen LogP contribution < -0.4 is 21.3 Å². The number of nitrogens with zero attached hydrogens (tertiary/aromatic N) is 5. The second-order valence-electron chi connectivity index (χ2n) is 9.96. The highest BCUT2D eigenvalue weighted by Gasteiger charge is 2.40. The third-order valence-electron chi connectivity index (χ3n) is 7.49. The monoisotopic (exact) mass is 540 g/mol. The predicted octanol–water partition coefficient (Wildman–Crippen LogP) is 3.97. The molecule has 9 nitrogen and oxygen atoms in total. The van der Waals surface area contributed by atoms with Gasteiger partial charge in [0.1, 0.15) is 28.7 Å². The van der Waals surface area contributed by atoms with Crippen molar-refractivity contribution in [2.24, 2.45) is 5.41 Å². The minimum Gasteiger partial charge on any atom is -0.382 e. The molecule has 2 aliphatic rings. The summed E-state index contributed by atoms with van der Waals surface area (Å²) in [6.07, 6.45) is 1.67. The average molecular weight is 541 g/mol. The maximum atomic E-state index is 15.4. The molecule has 6 rings (SSSR count). The smallest absolute Gasteiger partial charge is 0.382 e. The van der Waals surface area contributed by atoms with E-state index in [9.17, 15) is 18.0 Å². The van der Waals surface area contributed by atoms with Gasteiger partial charge < -0.3 is 21.3 Å². The van der Waals surface area contributed by atoms with Crippen molar-refractivity contribution in [2.45, 2.75) is 19.0 Å². The third kappa shape index (κ3) is 4.52. The van der Waals surface area contributed by atoms with Crippen LogP contribution in [0.2, 0.25) is 0 Å². The van der Waals surface area contributed by atoms with Gasteiger partial charge in [0.15, 0.2) is 0 Å². The normalized spacial score (nSPS) is 16.9. The molecule has 2 aliphatic heterocycles. The molecule has 1 aromatic carbocycles. The van der Waals surface area contributed by atoms with Gasteiger partial charge >= 0.3 is 6.18 Å². The molecule has 4 aromatic rings. The molecule has 39 heavy (non-hydrogen) atoms. The highest BCUT2D eigenvalue weighted by Crippen LogP contribution is 2.39. The summed E-state index contributed by atoms with van der Waals surface area (Å²) in [5, 5.41) is 5.63. The van der Waals surface area contributed by atoms with E-state index in [1.165, 1.54) is 12.1 Å². The van der Waals surface area contributed by atoms with Crippen molar-refractivity contribution in [1.82, 2.24) is 24.7 Å². The zero-order valence-corrected chi connectivity index (χ0v) is 20.6. The molecular weight excluding hydrogens is 516 g/mol. The highest BCUT2D eigenvalue weighted by atomic mass is 19.4. The first-order valence-corrected chi connectivity index (χ1v) is 12.4. The number of benzene rings is 1. The molecule has 1 spiro atoms. The van der Waals surface area contributed by atoms with Gasteiger partial charge in [0.05, 0.1) is 5.56 Å². The number of nitrogens with one attached hydrogen (secondary N) is 2. The fraction of sp³-hybridized carbons (Fsp3) is 0.308. The lowest BCUT2D eigenvalue weighted by Gasteiger charge is -2.48. The van der Waals surface area contributed by atoms with E-state index in [1.54, 1.807) is 16.8 Å². The Balaban J connectivity index is 1.29. The zero-order chi connectivity index (χ0) is 27.4. The number of fused-ring (bicyclic) bond motifs is 1. The number of imidazole rings is 1. The summed E-state index contributed by atoms with van der Waals surface area (Å²) in [6, 6.07) is 5.27. The first-order chi connectivity index (χ1) is 18.6. The molecule has 2 saturated heterocycles. The fourth-order valence-corrected chi connectivity index (χ4v) is 5.18. The molecule has 5 heterocycles. The topological polar surface area (TPSA) is 113 Å². The van der Waals surface area contributed by atoms with Gasteiger partial charge in [-0.3, -0.25) is 9.20 Å². The van der Waals surface area contributed by atoms with Crippen molar-refractivity contribution >= 4 is 29.0 Å². The van der Waals surface area contributed by atoms with Gasteiger partial charge in [0.2, 0.25) is 5.95 Å². The number of pyridine rings is 1. The number of hydrogen-bond donors (Lipinski definition) is 3. The summed E-state index contributed by atoms with van der Waals surface area (Å²) >= 11 is 0. The molecule has 2 fully saturated rings. The second kappa shape index (κ2) is 9.19. The van der Waals surface area contributed by atoms with E-state index in [4.69, 9.17) is 10.7 Å². The van der Waals surface area contributed by atoms with Gasteiger partial charge in [0, 0.05) is 55.9 Å². The van der Waals surface area contributed by atoms with Crippen molar-refractivity contribution in [2.75, 3.05) is 42.1 Å². The van der Waals surface area contributed by atoms with E-state index in [0.29, 0.717) is 22.9 Å². The summed E-state index contributed by atoms with van der Waals surface area (Å²) in [5.74, 6) is -1.04. The number of piperidine rings is 1. The number of nitrogen functional groups attached to an aromatic ring is 1. The number of aromatic nitrogens is 4. The van der Waals surface area contributed by atoms with Gasteiger partial charge in [-0.25, -0.2) is 19.3 Å². The Kier molecular flexibility index (Phi) is 5.90. The number of rotatable bonds is 4. The van der Waals surface area contributed by atoms with Crippen molar-refractivity contribution in [3.05, 3.63) is 65.9 Å². The Labute approximate surface area is 220 Å². The van der Waals surface area contributed by atoms with E-state index in [1.807, 2.05) is 0 Å². The molecule has 0 atom stereocenters. The minimum atomic E-state index is -4.59. The first kappa shape index (κ1) is 25.0. The van der Waals surface area contributed by atoms with Crippen molar-refractivity contribution in [3.63, 3.8) is 0 Å². The number of halogens is 4. The average Bonchev–Trinajstić information content (AvgIpc) is 3.28. The number of alkyl halides is 3. The van der Waals surface area contributed by atoms with E-state index in [-0.39, 0.29) is 28.5 Å². The quantitative estimate of drug-likeness (QED) is 0.336. The van der Waals surface area contributed by atoms with Crippen LogP contribution in [0, 0.1) is 11.2 Å². The summed E-state index contributed by atoms with van der Waals surface area (Å²) in [4.78, 5) is 27.5. The maximum Gasteiger partial charge on any atom is 0.416 e. The SMILES string of the molecule is Nc1nccn2c(N3CCC4(CC3)CNC4)nc(-c3ccc(C(=O)Nc4cc(C(F)(F)F)ccn4)cc3F)c12. The van der Waals surface area contributed by atoms with Gasteiger partial charge in [0.25, 0.3) is 5.91 Å². The van der Waals surface area contributed by atoms with Crippen LogP contribution in [0.25, 0.3) is 16.8 Å². The Hall–Kier alpha value is -4.26. The number of amides is 1. The Morgan fingerprint density at radius 1 is 1.08 bits per heavy atom. The number of anilines is 3. The number of nitrogens with two attached hydrogens (primary N) is 1. The van der Waals surface area contributed by atoms with Crippen LogP contribution in [0.3, 0.4) is 0 Å². The molecule has 0 unspecified atom stereocenters. The molecule has 0 saturated carbocycles. The van der Waals surface area contributed by atoms with Crippen LogP contribution in [-0.4, -0.2) is 51.4 Å². The molecular formula is C26H24F4N8O. The van der Waals surface area contributed by atoms with E-state index < -0.39 is 23.5 Å². The van der Waals surface area contributed by atoms with Gasteiger partial charge in [-0.05, 0) is 48.6 Å². The van der Waals surface area contributed by atoms with E-state index in [0.717, 1.165) is 57.4 Å². The second-order valence-corrected chi connectivity index (χ2v) is 9.96. The molecule has 4 N–H and O–H groups in total. The Morgan fingerprint density at radius 3 is 2.51 bits per heavy atom. The summed E-state index contributed by atoms with van der Waals surface area (Å²) in [6.45, 7) is 3.63. The molecule has 3 aromatic heterocycles. The Bertz CT molecular complexity index is 1570. The molecule has 0 aliphatic carbocycles. The number of carbonyl (C=O) groups is 1. The molecule has 202 valence electrons. The van der Waals surface area contributed by atoms with Gasteiger partial charge in [-0.2, -0.15) is 13.2 Å². The predicted molar refractivity (Wildman–Crippen MR) is 137 cm³/mol. The largest absolute Gasteiger partial charge is 0.416 e. The van der Waals surface area contributed by atoms with Crippen LogP contribution in [0.15, 0.2) is 48.9 Å². The molecule has 0 radical (unpaired) electrons. The van der Waals surface area contributed by atoms with E-state index in [2.05, 4.69) is 25.5 Å². The minimum absolute atomic E-state index is 0.0965. The fourth-order valence-electron chi connectivity index (χ4n) is 5.18. The lowest BCUT2D eigenvalue weighted by atomic mass is 9.73. The molecule has 13 heteroatoms. The third-order valence-corrected chi connectivity index (χ3v) is 7.49. The summed E-state index contributed by atoms with van der Waals surface area (Å²) < 4.78 is 56.2. The lowest BCUT2D eigenvalue weighted by molar-refractivity contribution is -0.137. The maximum absolute atomic E-state index is 15.4. The zero-order valence-electron chi connectivity index (χ0n) is 20.6. The van der Waals surface area contributed by atoms with Crippen LogP contribution in [-0.2, 0) is 6.18 Å². The van der Waals surface area contributed by atoms with Crippen molar-refractivity contribution in [1.29, 1.82) is 0 Å². The summed E-state index contributed by atoms with van der Waals surface area (Å²) in [7, 11) is 0. The van der Waals surface area contributed by atoms with Crippen LogP contribution in [0.4, 0.5) is 35.1 Å². The molecule has 0 bridgehead atoms. The standard InChI is InChI=1S/C26H24F4N8O/c27-18-11-15(23(39)35-19-12-16(3-6-33-19)26(28,29)30)1-2-17(18)20-21-22(31)34-7-10-38(21)24(36-20)37-8-4-25(5-9-37)13-32-14-25/h1-3,6-7,10-12,32H,4-5,8-9,13-14H2,(H2,31,34)(H,33,35,39). The van der Waals surface area contributed by atoms with Gasteiger partial charge in [-0.15, -0.1) is 0 Å². The van der Waals surface area contributed by atoms with Crippen molar-refractivity contribution < 1.29 is 22.4 Å².